The van der Waals surface area contributed by atoms with E-state index in [-0.39, 0.29) is 24.5 Å². The topological polar surface area (TPSA) is 46.5 Å². The van der Waals surface area contributed by atoms with Gasteiger partial charge in [0.25, 0.3) is 0 Å². The van der Waals surface area contributed by atoms with Gasteiger partial charge < -0.3 is 9.84 Å². The highest BCUT2D eigenvalue weighted by Crippen LogP contribution is 2.69. The van der Waals surface area contributed by atoms with Crippen LogP contribution in [0, 0.1) is 5.41 Å². The first kappa shape index (κ1) is 21.9. The van der Waals surface area contributed by atoms with Gasteiger partial charge in [0, 0.05) is 12.8 Å². The second kappa shape index (κ2) is 7.55. The summed E-state index contributed by atoms with van der Waals surface area (Å²) in [6, 6.07) is 0. The molecule has 0 aromatic carbocycles. The monoisotopic (exact) mass is 382 g/mol. The second-order valence-electron chi connectivity index (χ2n) is 10.3. The smallest absolute Gasteiger partial charge is 0.317 e. The highest BCUT2D eigenvalue weighted by atomic mass is 31.1. The molecular formula is C22H39O3P. The van der Waals surface area contributed by atoms with Crippen molar-refractivity contribution in [2.45, 2.75) is 103 Å². The number of unbranched alkanes of at least 4 members (excludes halogenated alkanes) is 1. The molecule has 0 amide bonds. The maximum atomic E-state index is 13.1. The average molecular weight is 383 g/mol. The first-order chi connectivity index (χ1) is 11.8. The Hall–Kier alpha value is -0.400. The Labute approximate surface area is 161 Å². The van der Waals surface area contributed by atoms with Crippen molar-refractivity contribution in [1.29, 1.82) is 0 Å². The number of carbonyl (C=O) groups is 1. The van der Waals surface area contributed by atoms with Crippen molar-refractivity contribution in [1.82, 2.24) is 0 Å². The van der Waals surface area contributed by atoms with Crippen LogP contribution in [0.3, 0.4) is 0 Å². The van der Waals surface area contributed by atoms with Gasteiger partial charge in [0.15, 0.2) is 0 Å². The van der Waals surface area contributed by atoms with E-state index in [4.69, 9.17) is 4.74 Å². The van der Waals surface area contributed by atoms with E-state index in [0.29, 0.717) is 6.42 Å². The van der Waals surface area contributed by atoms with Crippen LogP contribution in [-0.2, 0) is 9.53 Å². The third-order valence-corrected chi connectivity index (χ3v) is 8.73. The molecule has 4 heteroatoms. The maximum absolute atomic E-state index is 13.1. The quantitative estimate of drug-likeness (QED) is 0.319. The van der Waals surface area contributed by atoms with E-state index < -0.39 is 11.2 Å². The van der Waals surface area contributed by atoms with Gasteiger partial charge >= 0.3 is 5.97 Å². The molecule has 0 aromatic heterocycles. The van der Waals surface area contributed by atoms with Crippen molar-refractivity contribution in [2.75, 3.05) is 12.8 Å². The molecule has 1 N–H and O–H groups in total. The molecule has 1 aliphatic carbocycles. The molecule has 1 heterocycles. The third-order valence-electron chi connectivity index (χ3n) is 6.07. The Morgan fingerprint density at radius 2 is 1.88 bits per heavy atom. The summed E-state index contributed by atoms with van der Waals surface area (Å²) in [6.45, 7) is 15.1. The largest absolute Gasteiger partial charge is 0.458 e. The van der Waals surface area contributed by atoms with Gasteiger partial charge in [-0.1, -0.05) is 48.1 Å². The summed E-state index contributed by atoms with van der Waals surface area (Å²) in [5.41, 5.74) is 0.256. The lowest BCUT2D eigenvalue weighted by molar-refractivity contribution is -0.160. The molecule has 1 aliphatic heterocycles. The van der Waals surface area contributed by atoms with Gasteiger partial charge in [-0.15, -0.1) is 0 Å². The van der Waals surface area contributed by atoms with Gasteiger partial charge in [-0.25, -0.2) is 0 Å². The molecule has 2 fully saturated rings. The zero-order valence-corrected chi connectivity index (χ0v) is 18.8. The zero-order valence-electron chi connectivity index (χ0n) is 17.9. The Morgan fingerprint density at radius 1 is 1.31 bits per heavy atom. The molecule has 3 nitrogen and oxygen atoms in total. The molecule has 150 valence electrons. The zero-order chi connectivity index (χ0) is 19.8. The number of carbonyl (C=O) groups excluding carboxylic acids is 1. The van der Waals surface area contributed by atoms with Crippen molar-refractivity contribution >= 4 is 13.9 Å². The van der Waals surface area contributed by atoms with Crippen LogP contribution in [0.5, 0.6) is 0 Å². The van der Waals surface area contributed by atoms with Gasteiger partial charge in [0.05, 0.1) is 10.8 Å². The molecule has 0 radical (unpaired) electrons. The first-order valence-electron chi connectivity index (χ1n) is 10.2. The molecule has 1 saturated carbocycles. The number of esters is 1. The Bertz CT molecular complexity index is 560. The van der Waals surface area contributed by atoms with Gasteiger partial charge in [-0.05, 0) is 63.3 Å². The van der Waals surface area contributed by atoms with Crippen molar-refractivity contribution in [3.63, 3.8) is 0 Å². The van der Waals surface area contributed by atoms with Crippen molar-refractivity contribution in [3.8, 4) is 0 Å². The van der Waals surface area contributed by atoms with Gasteiger partial charge in [0.2, 0.25) is 0 Å². The van der Waals surface area contributed by atoms with E-state index in [9.17, 15) is 9.90 Å². The number of rotatable bonds is 9. The lowest BCUT2D eigenvalue weighted by Crippen LogP contribution is -2.38. The number of hydrogen-bond donors (Lipinski definition) is 1. The Morgan fingerprint density at radius 3 is 2.31 bits per heavy atom. The van der Waals surface area contributed by atoms with Crippen LogP contribution in [0.2, 0.25) is 0 Å². The summed E-state index contributed by atoms with van der Waals surface area (Å²) in [6.07, 6.45) is 9.64. The molecule has 0 aromatic rings. The summed E-state index contributed by atoms with van der Waals surface area (Å²) in [4.78, 5) is 13.1. The van der Waals surface area contributed by atoms with E-state index in [1.165, 1.54) is 0 Å². The second-order valence-corrected chi connectivity index (χ2v) is 12.8. The standard InChI is InChI=1S/C22H39O3P/c1-8-9-11-20(5,12-10-17-15-21(17,6)24)25-18(23)22(16-26(22)7)14-13-19(2,3)4/h10,24H,8-9,11-16H2,1-7H3. The molecule has 4 unspecified atom stereocenters. The first-order valence-corrected chi connectivity index (χ1v) is 12.2. The predicted molar refractivity (Wildman–Crippen MR) is 111 cm³/mol. The molecule has 2 aliphatic rings. The van der Waals surface area contributed by atoms with Crippen LogP contribution < -0.4 is 0 Å². The molecule has 26 heavy (non-hydrogen) atoms. The highest BCUT2D eigenvalue weighted by molar-refractivity contribution is 7.68. The van der Waals surface area contributed by atoms with Crippen LogP contribution in [-0.4, -0.2) is 40.3 Å². The normalized spacial score (nSPS) is 34.5. The lowest BCUT2D eigenvalue weighted by Gasteiger charge is -2.32. The molecule has 2 rings (SSSR count). The van der Waals surface area contributed by atoms with Crippen LogP contribution in [0.25, 0.3) is 0 Å². The van der Waals surface area contributed by atoms with Crippen LogP contribution in [0.1, 0.15) is 86.5 Å². The molecule has 0 bridgehead atoms. The number of aliphatic hydroxyl groups is 1. The average Bonchev–Trinajstić information content (AvgIpc) is 3.36. The van der Waals surface area contributed by atoms with Crippen LogP contribution in [0.4, 0.5) is 0 Å². The summed E-state index contributed by atoms with van der Waals surface area (Å²) < 4.78 is 6.20. The van der Waals surface area contributed by atoms with E-state index in [1.54, 1.807) is 0 Å². The van der Waals surface area contributed by atoms with Crippen LogP contribution >= 0.6 is 7.92 Å². The summed E-state index contributed by atoms with van der Waals surface area (Å²) >= 11 is 0. The third kappa shape index (κ3) is 5.55. The Kier molecular flexibility index (Phi) is 6.36. The number of hydrogen-bond acceptors (Lipinski definition) is 3. The molecule has 1 saturated heterocycles. The van der Waals surface area contributed by atoms with Gasteiger partial charge in [0.1, 0.15) is 5.60 Å². The Balaban J connectivity index is 2.04. The highest BCUT2D eigenvalue weighted by Gasteiger charge is 2.59. The van der Waals surface area contributed by atoms with Crippen molar-refractivity contribution < 1.29 is 14.6 Å². The van der Waals surface area contributed by atoms with Gasteiger partial charge in [-0.2, -0.15) is 0 Å². The fourth-order valence-electron chi connectivity index (χ4n) is 3.55. The molecule has 0 spiro atoms. The fraction of sp³-hybridized carbons (Fsp3) is 0.864. The lowest BCUT2D eigenvalue weighted by atomic mass is 9.87. The van der Waals surface area contributed by atoms with E-state index >= 15 is 0 Å². The minimum Gasteiger partial charge on any atom is -0.458 e. The van der Waals surface area contributed by atoms with Crippen LogP contribution in [0.15, 0.2) is 11.6 Å². The maximum Gasteiger partial charge on any atom is 0.317 e. The SMILES string of the molecule is CCCCC(C)(CC=C1CC1(C)O)OC(=O)C1(CCC(C)(C)C)CP1C. The predicted octanol–water partition coefficient (Wildman–Crippen LogP) is 5.64. The van der Waals surface area contributed by atoms with Crippen molar-refractivity contribution in [3.05, 3.63) is 11.6 Å². The molecule has 4 atom stereocenters. The van der Waals surface area contributed by atoms with E-state index in [1.807, 2.05) is 6.92 Å². The van der Waals surface area contributed by atoms with E-state index in [2.05, 4.69) is 47.4 Å². The minimum absolute atomic E-state index is 0.0370. The summed E-state index contributed by atoms with van der Waals surface area (Å²) in [5, 5.41) is 9.79. The minimum atomic E-state index is -0.627. The van der Waals surface area contributed by atoms with Crippen molar-refractivity contribution in [2.24, 2.45) is 5.41 Å². The summed E-state index contributed by atoms with van der Waals surface area (Å²) in [7, 11) is -0.231. The fourth-order valence-corrected chi connectivity index (χ4v) is 5.83. The summed E-state index contributed by atoms with van der Waals surface area (Å²) in [5.74, 6) is 0.0370. The number of ether oxygens (including phenoxy) is 1. The van der Waals surface area contributed by atoms with Gasteiger partial charge in [-0.3, -0.25) is 4.79 Å². The molecular weight excluding hydrogens is 343 g/mol. The van der Waals surface area contributed by atoms with E-state index in [0.717, 1.165) is 50.3 Å².